The van der Waals surface area contributed by atoms with Gasteiger partial charge >= 0.3 is 0 Å². The predicted molar refractivity (Wildman–Crippen MR) is 26.5 cm³/mol. The first-order valence-corrected chi connectivity index (χ1v) is 2.65. The number of alkyl halides is 5. The van der Waals surface area contributed by atoms with Crippen molar-refractivity contribution >= 4 is 11.6 Å². The first kappa shape index (κ1) is 9.01. The first-order valence-electron chi connectivity index (χ1n) is 2.22. The van der Waals surface area contributed by atoms with E-state index in [0.29, 0.717) is 0 Å². The van der Waals surface area contributed by atoms with Crippen molar-refractivity contribution in [1.29, 1.82) is 0 Å². The summed E-state index contributed by atoms with van der Waals surface area (Å²) in [4.78, 5) is 0. The van der Waals surface area contributed by atoms with Crippen molar-refractivity contribution in [1.82, 2.24) is 0 Å². The molecule has 3 atom stereocenters. The van der Waals surface area contributed by atoms with Gasteiger partial charge in [0.2, 0.25) is 5.63 Å². The summed E-state index contributed by atoms with van der Waals surface area (Å²) >= 11 is 4.45. The zero-order chi connectivity index (χ0) is 7.44. The smallest absolute Gasteiger partial charge is 0.207 e. The number of hydrogen-bond donors (Lipinski definition) is 0. The Labute approximate surface area is 54.8 Å². The molecule has 3 unspecified atom stereocenters. The molecule has 9 heavy (non-hydrogen) atoms. The summed E-state index contributed by atoms with van der Waals surface area (Å²) in [5.41, 5.74) is -2.46. The summed E-state index contributed by atoms with van der Waals surface area (Å²) in [6.07, 6.45) is -5.01. The number of halogens is 5. The largest absolute Gasteiger partial charge is 0.248 e. The Bertz CT molecular complexity index is 77.0. The molecule has 0 spiro atoms. The molecule has 0 bridgehead atoms. The van der Waals surface area contributed by atoms with Gasteiger partial charge in [-0.1, -0.05) is 11.6 Å². The van der Waals surface area contributed by atoms with Crippen LogP contribution in [-0.2, 0) is 0 Å². The van der Waals surface area contributed by atoms with E-state index < -0.39 is 24.6 Å². The fraction of sp³-hybridized carbons (Fsp3) is 1.00. The molecule has 5 heteroatoms. The SMILES string of the molecule is FCC(F)C(F)C(F)Cl. The van der Waals surface area contributed by atoms with Gasteiger partial charge in [0.05, 0.1) is 0 Å². The lowest BCUT2D eigenvalue weighted by Crippen LogP contribution is -2.25. The summed E-state index contributed by atoms with van der Waals surface area (Å²) in [6, 6.07) is 0. The maximum Gasteiger partial charge on any atom is 0.207 e. The standard InChI is InChI=1S/C4H5ClF4/c5-4(9)3(8)2(7)1-6/h2-4H,1H2. The molecule has 56 valence electrons. The van der Waals surface area contributed by atoms with Crippen LogP contribution in [0.3, 0.4) is 0 Å². The Kier molecular flexibility index (Phi) is 3.93. The molecule has 0 aromatic carbocycles. The van der Waals surface area contributed by atoms with Gasteiger partial charge in [0.25, 0.3) is 0 Å². The second kappa shape index (κ2) is 3.93. The number of hydrogen-bond acceptors (Lipinski definition) is 0. The first-order chi connectivity index (χ1) is 4.09. The van der Waals surface area contributed by atoms with E-state index in [9.17, 15) is 17.6 Å². The molecule has 0 fully saturated rings. The molecule has 0 aliphatic heterocycles. The van der Waals surface area contributed by atoms with E-state index in [1.165, 1.54) is 0 Å². The van der Waals surface area contributed by atoms with Gasteiger partial charge < -0.3 is 0 Å². The van der Waals surface area contributed by atoms with Crippen LogP contribution in [0.5, 0.6) is 0 Å². The van der Waals surface area contributed by atoms with Crippen molar-refractivity contribution < 1.29 is 17.6 Å². The van der Waals surface area contributed by atoms with Crippen LogP contribution in [0.2, 0.25) is 0 Å². The van der Waals surface area contributed by atoms with Crippen LogP contribution in [0.15, 0.2) is 0 Å². The highest BCUT2D eigenvalue weighted by molar-refractivity contribution is 6.20. The van der Waals surface area contributed by atoms with Crippen LogP contribution in [0.4, 0.5) is 17.6 Å². The third-order valence-electron chi connectivity index (χ3n) is 0.734. The molecular formula is C4H5ClF4. The van der Waals surface area contributed by atoms with Crippen molar-refractivity contribution in [2.24, 2.45) is 0 Å². The minimum absolute atomic E-state index is 1.55. The van der Waals surface area contributed by atoms with Crippen LogP contribution < -0.4 is 0 Å². The van der Waals surface area contributed by atoms with E-state index in [1.807, 2.05) is 0 Å². The Morgan fingerprint density at radius 2 is 1.67 bits per heavy atom. The monoisotopic (exact) mass is 164 g/mol. The quantitative estimate of drug-likeness (QED) is 0.443. The highest BCUT2D eigenvalue weighted by Crippen LogP contribution is 2.15. The molecule has 0 saturated heterocycles. The lowest BCUT2D eigenvalue weighted by molar-refractivity contribution is 0.0994. The molecule has 0 heterocycles. The van der Waals surface area contributed by atoms with E-state index in [-0.39, 0.29) is 0 Å². The maximum atomic E-state index is 11.8. The molecule has 0 aliphatic carbocycles. The molecule has 0 aromatic rings. The van der Waals surface area contributed by atoms with Crippen LogP contribution in [0.25, 0.3) is 0 Å². The van der Waals surface area contributed by atoms with Gasteiger partial charge in [-0.25, -0.2) is 17.6 Å². The second-order valence-electron chi connectivity index (χ2n) is 1.45. The predicted octanol–water partition coefficient (Wildman–Crippen LogP) is 2.17. The second-order valence-corrected chi connectivity index (χ2v) is 1.87. The Hall–Kier alpha value is 0.01000. The summed E-state index contributed by atoms with van der Waals surface area (Å²) in [5, 5.41) is 0. The van der Waals surface area contributed by atoms with Crippen LogP contribution >= 0.6 is 11.6 Å². The van der Waals surface area contributed by atoms with Gasteiger partial charge in [0.1, 0.15) is 6.67 Å². The van der Waals surface area contributed by atoms with Gasteiger partial charge in [-0.3, -0.25) is 0 Å². The van der Waals surface area contributed by atoms with E-state index in [2.05, 4.69) is 11.6 Å². The molecule has 0 amide bonds. The van der Waals surface area contributed by atoms with E-state index >= 15 is 0 Å². The zero-order valence-electron chi connectivity index (χ0n) is 4.33. The van der Waals surface area contributed by atoms with Crippen LogP contribution in [0, 0.1) is 0 Å². The Morgan fingerprint density at radius 1 is 1.22 bits per heavy atom. The third-order valence-corrected chi connectivity index (χ3v) is 0.974. The van der Waals surface area contributed by atoms with Crippen molar-refractivity contribution in [3.63, 3.8) is 0 Å². The van der Waals surface area contributed by atoms with Crippen molar-refractivity contribution in [2.75, 3.05) is 6.67 Å². The van der Waals surface area contributed by atoms with E-state index in [1.54, 1.807) is 0 Å². The lowest BCUT2D eigenvalue weighted by atomic mass is 10.3. The highest BCUT2D eigenvalue weighted by Gasteiger charge is 2.27. The Balaban J connectivity index is 3.58. The summed E-state index contributed by atoms with van der Waals surface area (Å²) in [7, 11) is 0. The fourth-order valence-electron chi connectivity index (χ4n) is 0.243. The van der Waals surface area contributed by atoms with Crippen LogP contribution in [0.1, 0.15) is 0 Å². The summed E-state index contributed by atoms with van der Waals surface area (Å²) in [5.74, 6) is 0. The minimum atomic E-state index is -2.56. The zero-order valence-corrected chi connectivity index (χ0v) is 5.08. The number of rotatable bonds is 3. The maximum absolute atomic E-state index is 11.8. The molecule has 0 radical (unpaired) electrons. The molecular weight excluding hydrogens is 159 g/mol. The van der Waals surface area contributed by atoms with Gasteiger partial charge in [0, 0.05) is 0 Å². The molecule has 0 aliphatic rings. The average molecular weight is 165 g/mol. The third kappa shape index (κ3) is 2.89. The molecule has 0 aromatic heterocycles. The molecule has 0 nitrogen and oxygen atoms in total. The topological polar surface area (TPSA) is 0 Å². The van der Waals surface area contributed by atoms with Gasteiger partial charge in [-0.15, -0.1) is 0 Å². The van der Waals surface area contributed by atoms with Crippen molar-refractivity contribution in [2.45, 2.75) is 18.0 Å². The summed E-state index contributed by atoms with van der Waals surface area (Å²) < 4.78 is 46.2. The van der Waals surface area contributed by atoms with Crippen molar-refractivity contribution in [3.8, 4) is 0 Å². The Morgan fingerprint density at radius 3 is 1.78 bits per heavy atom. The molecule has 0 N–H and O–H groups in total. The minimum Gasteiger partial charge on any atom is -0.248 e. The fourth-order valence-corrected chi connectivity index (χ4v) is 0.401. The van der Waals surface area contributed by atoms with Gasteiger partial charge in [-0.2, -0.15) is 0 Å². The van der Waals surface area contributed by atoms with Gasteiger partial charge in [0.15, 0.2) is 12.3 Å². The van der Waals surface area contributed by atoms with Gasteiger partial charge in [-0.05, 0) is 0 Å². The van der Waals surface area contributed by atoms with E-state index in [0.717, 1.165) is 0 Å². The summed E-state index contributed by atoms with van der Waals surface area (Å²) in [6.45, 7) is -1.55. The normalized spacial score (nSPS) is 21.0. The van der Waals surface area contributed by atoms with E-state index in [4.69, 9.17) is 0 Å². The molecule has 0 rings (SSSR count). The highest BCUT2D eigenvalue weighted by atomic mass is 35.5. The molecule has 0 saturated carbocycles. The van der Waals surface area contributed by atoms with Crippen LogP contribution in [-0.4, -0.2) is 24.6 Å². The van der Waals surface area contributed by atoms with Crippen molar-refractivity contribution in [3.05, 3.63) is 0 Å². The average Bonchev–Trinajstić information content (AvgIpc) is 1.84. The lowest BCUT2D eigenvalue weighted by Gasteiger charge is -2.08.